The molecule has 0 aliphatic carbocycles. The summed E-state index contributed by atoms with van der Waals surface area (Å²) in [6, 6.07) is 3.38. The second-order valence-electron chi connectivity index (χ2n) is 5.63. The van der Waals surface area contributed by atoms with Gasteiger partial charge < -0.3 is 25.3 Å². The van der Waals surface area contributed by atoms with Crippen LogP contribution in [0.25, 0.3) is 0 Å². The number of hydrogen-bond acceptors (Lipinski definition) is 5. The zero-order valence-corrected chi connectivity index (χ0v) is 12.7. The molecule has 0 aromatic heterocycles. The second kappa shape index (κ2) is 6.22. The van der Waals surface area contributed by atoms with Crippen molar-refractivity contribution in [2.75, 3.05) is 31.4 Å². The lowest BCUT2D eigenvalue weighted by Crippen LogP contribution is -2.29. The SMILES string of the molecule is COC(C)(C)CC(=O)Nc1cc2c(cc1N)OCCCO2. The number of carbonyl (C=O) groups is 1. The monoisotopic (exact) mass is 294 g/mol. The first kappa shape index (κ1) is 15.4. The van der Waals surface area contributed by atoms with Crippen LogP contribution in [0, 0.1) is 0 Å². The minimum Gasteiger partial charge on any atom is -0.489 e. The Labute approximate surface area is 124 Å². The average molecular weight is 294 g/mol. The Kier molecular flexibility index (Phi) is 4.57. The van der Waals surface area contributed by atoms with Gasteiger partial charge in [-0.3, -0.25) is 4.79 Å². The predicted molar refractivity (Wildman–Crippen MR) is 80.8 cm³/mol. The topological polar surface area (TPSA) is 82.8 Å². The fraction of sp³-hybridized carbons (Fsp3) is 0.533. The molecular weight excluding hydrogens is 272 g/mol. The van der Waals surface area contributed by atoms with E-state index in [1.165, 1.54) is 0 Å². The molecule has 21 heavy (non-hydrogen) atoms. The summed E-state index contributed by atoms with van der Waals surface area (Å²) < 4.78 is 16.4. The van der Waals surface area contributed by atoms with Gasteiger partial charge in [-0.2, -0.15) is 0 Å². The molecule has 0 spiro atoms. The molecule has 1 aromatic rings. The average Bonchev–Trinajstić information content (AvgIpc) is 2.63. The van der Waals surface area contributed by atoms with Crippen LogP contribution in [0.5, 0.6) is 11.5 Å². The van der Waals surface area contributed by atoms with E-state index < -0.39 is 5.60 Å². The molecule has 3 N–H and O–H groups in total. The zero-order chi connectivity index (χ0) is 15.5. The van der Waals surface area contributed by atoms with E-state index in [0.29, 0.717) is 36.1 Å². The third kappa shape index (κ3) is 4.01. The van der Waals surface area contributed by atoms with Crippen LogP contribution in [0.3, 0.4) is 0 Å². The number of hydrogen-bond donors (Lipinski definition) is 2. The number of nitrogen functional groups attached to an aromatic ring is 1. The molecule has 6 nitrogen and oxygen atoms in total. The first-order valence-electron chi connectivity index (χ1n) is 6.95. The maximum Gasteiger partial charge on any atom is 0.227 e. The van der Waals surface area contributed by atoms with Crippen LogP contribution in [-0.4, -0.2) is 31.8 Å². The molecule has 2 rings (SSSR count). The lowest BCUT2D eigenvalue weighted by molar-refractivity contribution is -0.121. The van der Waals surface area contributed by atoms with Crippen LogP contribution >= 0.6 is 0 Å². The van der Waals surface area contributed by atoms with Crippen LogP contribution in [0.2, 0.25) is 0 Å². The number of nitrogens with one attached hydrogen (secondary N) is 1. The summed E-state index contributed by atoms with van der Waals surface area (Å²) >= 11 is 0. The number of amides is 1. The Morgan fingerprint density at radius 2 is 1.95 bits per heavy atom. The number of rotatable bonds is 4. The summed E-state index contributed by atoms with van der Waals surface area (Å²) in [7, 11) is 1.58. The summed E-state index contributed by atoms with van der Waals surface area (Å²) in [5, 5.41) is 2.79. The molecule has 1 aliphatic rings. The molecule has 0 bridgehead atoms. The first-order valence-corrected chi connectivity index (χ1v) is 6.95. The molecule has 0 radical (unpaired) electrons. The smallest absolute Gasteiger partial charge is 0.227 e. The van der Waals surface area contributed by atoms with E-state index in [0.717, 1.165) is 6.42 Å². The predicted octanol–water partition coefficient (Wildman–Crippen LogP) is 2.18. The van der Waals surface area contributed by atoms with Crippen molar-refractivity contribution in [3.63, 3.8) is 0 Å². The van der Waals surface area contributed by atoms with Crippen molar-refractivity contribution in [2.24, 2.45) is 0 Å². The molecule has 6 heteroatoms. The number of nitrogens with two attached hydrogens (primary N) is 1. The largest absolute Gasteiger partial charge is 0.489 e. The highest BCUT2D eigenvalue weighted by Crippen LogP contribution is 2.36. The van der Waals surface area contributed by atoms with E-state index >= 15 is 0 Å². The van der Waals surface area contributed by atoms with Crippen LogP contribution in [-0.2, 0) is 9.53 Å². The summed E-state index contributed by atoms with van der Waals surface area (Å²) in [6.45, 7) is 4.88. The summed E-state index contributed by atoms with van der Waals surface area (Å²) in [4.78, 5) is 12.1. The molecular formula is C15H22N2O4. The molecule has 0 fully saturated rings. The van der Waals surface area contributed by atoms with Gasteiger partial charge in [0, 0.05) is 25.7 Å². The van der Waals surface area contributed by atoms with E-state index in [9.17, 15) is 4.79 Å². The molecule has 116 valence electrons. The number of ether oxygens (including phenoxy) is 3. The normalized spacial score (nSPS) is 14.4. The van der Waals surface area contributed by atoms with Gasteiger partial charge in [0.2, 0.25) is 5.91 Å². The number of fused-ring (bicyclic) bond motifs is 1. The minimum atomic E-state index is -0.524. The number of anilines is 2. The summed E-state index contributed by atoms with van der Waals surface area (Å²) in [5.74, 6) is 1.05. The van der Waals surface area contributed by atoms with E-state index in [1.54, 1.807) is 19.2 Å². The van der Waals surface area contributed by atoms with Crippen molar-refractivity contribution < 1.29 is 19.0 Å². The van der Waals surface area contributed by atoms with E-state index in [1.807, 2.05) is 13.8 Å². The van der Waals surface area contributed by atoms with Gasteiger partial charge in [0.15, 0.2) is 11.5 Å². The lowest BCUT2D eigenvalue weighted by Gasteiger charge is -2.22. The molecule has 1 heterocycles. The third-order valence-electron chi connectivity index (χ3n) is 3.33. The van der Waals surface area contributed by atoms with Crippen molar-refractivity contribution in [3.8, 4) is 11.5 Å². The van der Waals surface area contributed by atoms with E-state index in [-0.39, 0.29) is 12.3 Å². The fourth-order valence-corrected chi connectivity index (χ4v) is 1.99. The van der Waals surface area contributed by atoms with Crippen molar-refractivity contribution in [1.82, 2.24) is 0 Å². The fourth-order valence-electron chi connectivity index (χ4n) is 1.99. The zero-order valence-electron chi connectivity index (χ0n) is 12.7. The Hall–Kier alpha value is -1.95. The highest BCUT2D eigenvalue weighted by molar-refractivity contribution is 5.95. The molecule has 0 unspecified atom stereocenters. The Morgan fingerprint density at radius 3 is 2.57 bits per heavy atom. The van der Waals surface area contributed by atoms with Crippen LogP contribution in [0.4, 0.5) is 11.4 Å². The van der Waals surface area contributed by atoms with Crippen molar-refractivity contribution in [1.29, 1.82) is 0 Å². The Balaban J connectivity index is 2.13. The van der Waals surface area contributed by atoms with Crippen molar-refractivity contribution in [3.05, 3.63) is 12.1 Å². The van der Waals surface area contributed by atoms with Crippen LogP contribution in [0.1, 0.15) is 26.7 Å². The molecule has 1 aromatic carbocycles. The molecule has 0 saturated carbocycles. The van der Waals surface area contributed by atoms with Gasteiger partial charge in [0.05, 0.1) is 36.6 Å². The maximum absolute atomic E-state index is 12.1. The highest BCUT2D eigenvalue weighted by Gasteiger charge is 2.22. The number of carbonyl (C=O) groups excluding carboxylic acids is 1. The third-order valence-corrected chi connectivity index (χ3v) is 3.33. The number of benzene rings is 1. The van der Waals surface area contributed by atoms with Crippen LogP contribution < -0.4 is 20.5 Å². The van der Waals surface area contributed by atoms with E-state index in [4.69, 9.17) is 19.9 Å². The van der Waals surface area contributed by atoms with Gasteiger partial charge in [-0.25, -0.2) is 0 Å². The summed E-state index contributed by atoms with van der Waals surface area (Å²) in [6.07, 6.45) is 1.05. The van der Waals surface area contributed by atoms with Crippen LogP contribution in [0.15, 0.2) is 12.1 Å². The van der Waals surface area contributed by atoms with Gasteiger partial charge in [0.1, 0.15) is 0 Å². The van der Waals surface area contributed by atoms with Crippen molar-refractivity contribution in [2.45, 2.75) is 32.3 Å². The van der Waals surface area contributed by atoms with Gasteiger partial charge in [-0.15, -0.1) is 0 Å². The minimum absolute atomic E-state index is 0.164. The number of methoxy groups -OCH3 is 1. The lowest BCUT2D eigenvalue weighted by atomic mass is 10.0. The first-order chi connectivity index (χ1) is 9.91. The molecule has 1 aliphatic heterocycles. The molecule has 0 atom stereocenters. The van der Waals surface area contributed by atoms with Gasteiger partial charge in [-0.05, 0) is 13.8 Å². The highest BCUT2D eigenvalue weighted by atomic mass is 16.5. The second-order valence-corrected chi connectivity index (χ2v) is 5.63. The van der Waals surface area contributed by atoms with E-state index in [2.05, 4.69) is 5.32 Å². The van der Waals surface area contributed by atoms with Gasteiger partial charge in [0.25, 0.3) is 0 Å². The maximum atomic E-state index is 12.1. The van der Waals surface area contributed by atoms with Crippen molar-refractivity contribution >= 4 is 17.3 Å². The van der Waals surface area contributed by atoms with Gasteiger partial charge >= 0.3 is 0 Å². The Morgan fingerprint density at radius 1 is 1.33 bits per heavy atom. The molecule has 1 amide bonds. The summed E-state index contributed by atoms with van der Waals surface area (Å²) in [5.41, 5.74) is 6.41. The Bertz CT molecular complexity index is 529. The standard InChI is InChI=1S/C15H22N2O4/c1-15(2,19-3)9-14(18)17-11-8-13-12(7-10(11)16)20-5-4-6-21-13/h7-8H,4-6,9,16H2,1-3H3,(H,17,18). The van der Waals surface area contributed by atoms with Gasteiger partial charge in [-0.1, -0.05) is 0 Å². The quantitative estimate of drug-likeness (QED) is 0.832. The molecule has 0 saturated heterocycles.